The fraction of sp³-hybridized carbons (Fsp3) is 0.190. The van der Waals surface area contributed by atoms with Gasteiger partial charge in [-0.15, -0.1) is 0 Å². The van der Waals surface area contributed by atoms with Crippen LogP contribution in [0.4, 0.5) is 5.82 Å². The second-order valence-corrected chi connectivity index (χ2v) is 6.36. The van der Waals surface area contributed by atoms with Crippen molar-refractivity contribution in [2.75, 3.05) is 19.2 Å². The second-order valence-electron chi connectivity index (χ2n) is 6.36. The van der Waals surface area contributed by atoms with Crippen molar-refractivity contribution in [3.05, 3.63) is 71.7 Å². The fourth-order valence-electron chi connectivity index (χ4n) is 2.80. The van der Waals surface area contributed by atoms with Crippen LogP contribution in [0.25, 0.3) is 0 Å². The largest absolute Gasteiger partial charge is 0.497 e. The van der Waals surface area contributed by atoms with Gasteiger partial charge in [0.25, 0.3) is 5.91 Å². The zero-order chi connectivity index (χ0) is 20.1. The van der Waals surface area contributed by atoms with Gasteiger partial charge in [-0.1, -0.05) is 18.2 Å². The van der Waals surface area contributed by atoms with Gasteiger partial charge in [-0.2, -0.15) is 0 Å². The first kappa shape index (κ1) is 18.5. The summed E-state index contributed by atoms with van der Waals surface area (Å²) in [4.78, 5) is 20.7. The number of hydrogen-bond acceptors (Lipinski definition) is 7. The molecule has 8 heteroatoms. The van der Waals surface area contributed by atoms with Crippen molar-refractivity contribution < 1.29 is 19.0 Å². The van der Waals surface area contributed by atoms with Gasteiger partial charge >= 0.3 is 0 Å². The van der Waals surface area contributed by atoms with E-state index in [-0.39, 0.29) is 18.4 Å². The van der Waals surface area contributed by atoms with E-state index in [1.807, 2.05) is 42.5 Å². The Hall–Kier alpha value is -3.81. The highest BCUT2D eigenvalue weighted by molar-refractivity contribution is 5.91. The van der Waals surface area contributed by atoms with Crippen molar-refractivity contribution in [3.63, 3.8) is 0 Å². The second kappa shape index (κ2) is 8.47. The number of methoxy groups -OCH3 is 1. The Morgan fingerprint density at radius 2 is 1.79 bits per heavy atom. The molecule has 0 saturated heterocycles. The van der Waals surface area contributed by atoms with Gasteiger partial charge in [0.2, 0.25) is 6.79 Å². The van der Waals surface area contributed by atoms with E-state index in [0.29, 0.717) is 30.4 Å². The Morgan fingerprint density at radius 3 is 2.55 bits per heavy atom. The molecule has 1 aliphatic heterocycles. The monoisotopic (exact) mass is 392 g/mol. The molecule has 0 radical (unpaired) electrons. The maximum absolute atomic E-state index is 12.3. The lowest BCUT2D eigenvalue weighted by Gasteiger charge is -2.08. The standard InChI is InChI=1S/C21H20N4O4/c1-27-16-5-2-14(3-6-16)9-23-20-12-22-17(11-24-20)21(26)25-10-15-4-7-18-19(8-15)29-13-28-18/h2-8,11-12H,9-10,13H2,1H3,(H,23,24)(H,25,26). The molecule has 8 nitrogen and oxygen atoms in total. The smallest absolute Gasteiger partial charge is 0.271 e. The average molecular weight is 392 g/mol. The van der Waals surface area contributed by atoms with E-state index in [0.717, 1.165) is 16.9 Å². The summed E-state index contributed by atoms with van der Waals surface area (Å²) in [7, 11) is 1.63. The van der Waals surface area contributed by atoms with Crippen LogP contribution in [0, 0.1) is 0 Å². The van der Waals surface area contributed by atoms with Gasteiger partial charge in [-0.3, -0.25) is 4.79 Å². The molecule has 1 amide bonds. The molecule has 2 N–H and O–H groups in total. The van der Waals surface area contributed by atoms with Crippen LogP contribution < -0.4 is 24.8 Å². The van der Waals surface area contributed by atoms with Gasteiger partial charge in [-0.25, -0.2) is 9.97 Å². The molecular formula is C21H20N4O4. The lowest BCUT2D eigenvalue weighted by molar-refractivity contribution is 0.0945. The summed E-state index contributed by atoms with van der Waals surface area (Å²) in [5, 5.41) is 6.00. The lowest BCUT2D eigenvalue weighted by atomic mass is 10.2. The SMILES string of the molecule is COc1ccc(CNc2cnc(C(=O)NCc3ccc4c(c3)OCO4)cn2)cc1. The number of aromatic nitrogens is 2. The molecule has 0 saturated carbocycles. The van der Waals surface area contributed by atoms with E-state index in [1.165, 1.54) is 6.20 Å². The highest BCUT2D eigenvalue weighted by atomic mass is 16.7. The van der Waals surface area contributed by atoms with Crippen LogP contribution in [0.5, 0.6) is 17.2 Å². The molecule has 1 aliphatic rings. The third-order valence-electron chi connectivity index (χ3n) is 4.41. The molecule has 1 aromatic heterocycles. The minimum Gasteiger partial charge on any atom is -0.497 e. The Kier molecular flexibility index (Phi) is 5.42. The Morgan fingerprint density at radius 1 is 1.00 bits per heavy atom. The number of rotatable bonds is 7. The van der Waals surface area contributed by atoms with E-state index >= 15 is 0 Å². The maximum atomic E-state index is 12.3. The summed E-state index contributed by atoms with van der Waals surface area (Å²) in [6.07, 6.45) is 2.99. The maximum Gasteiger partial charge on any atom is 0.271 e. The van der Waals surface area contributed by atoms with Crippen LogP contribution in [0.2, 0.25) is 0 Å². The Bertz CT molecular complexity index is 991. The zero-order valence-electron chi connectivity index (χ0n) is 15.8. The molecule has 0 bridgehead atoms. The number of fused-ring (bicyclic) bond motifs is 1. The Balaban J connectivity index is 1.29. The van der Waals surface area contributed by atoms with E-state index in [4.69, 9.17) is 14.2 Å². The van der Waals surface area contributed by atoms with Crippen molar-refractivity contribution in [1.82, 2.24) is 15.3 Å². The number of carbonyl (C=O) groups is 1. The van der Waals surface area contributed by atoms with Crippen molar-refractivity contribution in [1.29, 1.82) is 0 Å². The summed E-state index contributed by atoms with van der Waals surface area (Å²) >= 11 is 0. The number of nitrogens with one attached hydrogen (secondary N) is 2. The quantitative estimate of drug-likeness (QED) is 0.638. The molecule has 0 spiro atoms. The van der Waals surface area contributed by atoms with Crippen LogP contribution in [-0.2, 0) is 13.1 Å². The minimum atomic E-state index is -0.295. The molecule has 0 fully saturated rings. The van der Waals surface area contributed by atoms with Crippen molar-refractivity contribution in [2.24, 2.45) is 0 Å². The van der Waals surface area contributed by atoms with Crippen molar-refractivity contribution in [2.45, 2.75) is 13.1 Å². The molecule has 2 aromatic carbocycles. The number of nitrogens with zero attached hydrogens (tertiary/aromatic N) is 2. The van der Waals surface area contributed by atoms with Gasteiger partial charge < -0.3 is 24.8 Å². The van der Waals surface area contributed by atoms with Crippen molar-refractivity contribution >= 4 is 11.7 Å². The number of benzene rings is 2. The van der Waals surface area contributed by atoms with Crippen LogP contribution in [-0.4, -0.2) is 29.8 Å². The molecule has 0 aliphatic carbocycles. The molecule has 2 heterocycles. The predicted molar refractivity (Wildman–Crippen MR) is 106 cm³/mol. The van der Waals surface area contributed by atoms with Gasteiger partial charge in [0, 0.05) is 13.1 Å². The average Bonchev–Trinajstić information content (AvgIpc) is 3.24. The summed E-state index contributed by atoms with van der Waals surface area (Å²) in [6, 6.07) is 13.3. The third kappa shape index (κ3) is 4.55. The topological polar surface area (TPSA) is 94.6 Å². The summed E-state index contributed by atoms with van der Waals surface area (Å²) in [6.45, 7) is 1.17. The number of hydrogen-bond donors (Lipinski definition) is 2. The first-order chi connectivity index (χ1) is 14.2. The van der Waals surface area contributed by atoms with Crippen LogP contribution in [0.3, 0.4) is 0 Å². The highest BCUT2D eigenvalue weighted by Crippen LogP contribution is 2.32. The van der Waals surface area contributed by atoms with Crippen molar-refractivity contribution in [3.8, 4) is 17.2 Å². The molecular weight excluding hydrogens is 372 g/mol. The number of anilines is 1. The lowest BCUT2D eigenvalue weighted by Crippen LogP contribution is -2.24. The van der Waals surface area contributed by atoms with E-state index < -0.39 is 0 Å². The normalized spacial score (nSPS) is 11.8. The van der Waals surface area contributed by atoms with Gasteiger partial charge in [-0.05, 0) is 35.4 Å². The van der Waals surface area contributed by atoms with E-state index in [2.05, 4.69) is 20.6 Å². The van der Waals surface area contributed by atoms with Gasteiger partial charge in [0.1, 0.15) is 17.3 Å². The van der Waals surface area contributed by atoms with E-state index in [1.54, 1.807) is 13.3 Å². The minimum absolute atomic E-state index is 0.222. The molecule has 29 heavy (non-hydrogen) atoms. The first-order valence-electron chi connectivity index (χ1n) is 9.07. The highest BCUT2D eigenvalue weighted by Gasteiger charge is 2.14. The summed E-state index contributed by atoms with van der Waals surface area (Å²) in [5.74, 6) is 2.50. The first-order valence-corrected chi connectivity index (χ1v) is 9.07. The molecule has 0 unspecified atom stereocenters. The van der Waals surface area contributed by atoms with Crippen LogP contribution in [0.15, 0.2) is 54.9 Å². The fourth-order valence-corrected chi connectivity index (χ4v) is 2.80. The van der Waals surface area contributed by atoms with Gasteiger partial charge in [0.15, 0.2) is 11.5 Å². The number of ether oxygens (including phenoxy) is 3. The Labute approximate surface area is 167 Å². The number of amides is 1. The number of carbonyl (C=O) groups excluding carboxylic acids is 1. The molecule has 4 rings (SSSR count). The molecule has 148 valence electrons. The zero-order valence-corrected chi connectivity index (χ0v) is 15.8. The third-order valence-corrected chi connectivity index (χ3v) is 4.41. The predicted octanol–water partition coefficient (Wildman–Crippen LogP) is 2.76. The molecule has 3 aromatic rings. The van der Waals surface area contributed by atoms with Crippen LogP contribution >= 0.6 is 0 Å². The van der Waals surface area contributed by atoms with E-state index in [9.17, 15) is 4.79 Å². The molecule has 0 atom stereocenters. The van der Waals surface area contributed by atoms with Gasteiger partial charge in [0.05, 0.1) is 19.5 Å². The van der Waals surface area contributed by atoms with Crippen LogP contribution in [0.1, 0.15) is 21.6 Å². The summed E-state index contributed by atoms with van der Waals surface area (Å²) in [5.41, 5.74) is 2.24. The summed E-state index contributed by atoms with van der Waals surface area (Å²) < 4.78 is 15.8.